The Bertz CT molecular complexity index is 1050. The molecule has 0 aliphatic heterocycles. The zero-order chi connectivity index (χ0) is 22.6. The van der Waals surface area contributed by atoms with Crippen LogP contribution in [0, 0.1) is 0 Å². The Hall–Kier alpha value is -3.01. The summed E-state index contributed by atoms with van der Waals surface area (Å²) in [7, 11) is 1.55. The first-order valence-corrected chi connectivity index (χ1v) is 10.1. The highest BCUT2D eigenvalue weighted by Crippen LogP contribution is 2.32. The van der Waals surface area contributed by atoms with Crippen LogP contribution in [0.2, 0.25) is 0 Å². The number of Topliss-reactive ketones (excluding diaryl/α,β-unsaturated/α-hetero) is 1. The Morgan fingerprint density at radius 1 is 1.13 bits per heavy atom. The largest absolute Gasteiger partial charge is 0.497 e. The summed E-state index contributed by atoms with van der Waals surface area (Å²) in [6, 6.07) is 11.7. The molecule has 0 bridgehead atoms. The lowest BCUT2D eigenvalue weighted by Crippen LogP contribution is -2.12. The minimum absolute atomic E-state index is 0.0371. The molecule has 6 nitrogen and oxygen atoms in total. The molecule has 10 heteroatoms. The molecule has 2 aromatic carbocycles. The van der Waals surface area contributed by atoms with Crippen molar-refractivity contribution >= 4 is 17.5 Å². The molecule has 1 atom stereocenters. The highest BCUT2D eigenvalue weighted by atomic mass is 32.2. The molecular weight excluding hydrogens is 431 g/mol. The molecule has 0 amide bonds. The van der Waals surface area contributed by atoms with Crippen LogP contribution in [0.1, 0.15) is 25.2 Å². The number of alkyl halides is 3. The van der Waals surface area contributed by atoms with E-state index in [0.29, 0.717) is 22.5 Å². The van der Waals surface area contributed by atoms with Gasteiger partial charge in [0.15, 0.2) is 11.0 Å². The maximum atomic E-state index is 13.2. The van der Waals surface area contributed by atoms with Gasteiger partial charge >= 0.3 is 6.18 Å². The predicted molar refractivity (Wildman–Crippen MR) is 110 cm³/mol. The Morgan fingerprint density at radius 3 is 2.42 bits per heavy atom. The molecule has 0 spiro atoms. The van der Waals surface area contributed by atoms with Gasteiger partial charge in [-0.15, -0.1) is 10.2 Å². The molecule has 0 aliphatic rings. The molecule has 1 aromatic heterocycles. The fraction of sp³-hybridized carbons (Fsp3) is 0.286. The third kappa shape index (κ3) is 5.57. The van der Waals surface area contributed by atoms with Crippen LogP contribution < -0.4 is 9.47 Å². The van der Waals surface area contributed by atoms with E-state index in [2.05, 4.69) is 10.2 Å². The number of hydrogen-bond donors (Lipinski definition) is 0. The van der Waals surface area contributed by atoms with Gasteiger partial charge in [0.2, 0.25) is 0 Å². The monoisotopic (exact) mass is 451 g/mol. The normalized spacial score (nSPS) is 12.5. The SMILES string of the molecule is COc1ccc(OCc2nnc(S[C@@H](C)C(C)=O)n2-c2cccc(C(F)(F)F)c2)cc1. The zero-order valence-electron chi connectivity index (χ0n) is 17.0. The highest BCUT2D eigenvalue weighted by molar-refractivity contribution is 8.00. The summed E-state index contributed by atoms with van der Waals surface area (Å²) in [6.45, 7) is 3.10. The van der Waals surface area contributed by atoms with E-state index in [-0.39, 0.29) is 18.1 Å². The minimum Gasteiger partial charge on any atom is -0.497 e. The van der Waals surface area contributed by atoms with Crippen molar-refractivity contribution in [3.05, 3.63) is 59.9 Å². The molecule has 164 valence electrons. The number of hydrogen-bond acceptors (Lipinski definition) is 6. The highest BCUT2D eigenvalue weighted by Gasteiger charge is 2.31. The van der Waals surface area contributed by atoms with Crippen molar-refractivity contribution in [1.82, 2.24) is 14.8 Å². The quantitative estimate of drug-likeness (QED) is 0.452. The van der Waals surface area contributed by atoms with Crippen LogP contribution >= 0.6 is 11.8 Å². The van der Waals surface area contributed by atoms with Crippen molar-refractivity contribution in [1.29, 1.82) is 0 Å². The van der Waals surface area contributed by atoms with Crippen molar-refractivity contribution in [2.24, 2.45) is 0 Å². The number of thioether (sulfide) groups is 1. The van der Waals surface area contributed by atoms with E-state index in [4.69, 9.17) is 9.47 Å². The van der Waals surface area contributed by atoms with Crippen LogP contribution in [-0.2, 0) is 17.6 Å². The second kappa shape index (κ2) is 9.42. The molecular formula is C21H20F3N3O3S. The summed E-state index contributed by atoms with van der Waals surface area (Å²) in [5.41, 5.74) is -0.567. The number of ether oxygens (including phenoxy) is 2. The van der Waals surface area contributed by atoms with E-state index in [9.17, 15) is 18.0 Å². The van der Waals surface area contributed by atoms with E-state index in [0.717, 1.165) is 23.9 Å². The van der Waals surface area contributed by atoms with Gasteiger partial charge in [-0.2, -0.15) is 13.2 Å². The Balaban J connectivity index is 1.95. The summed E-state index contributed by atoms with van der Waals surface area (Å²) < 4.78 is 52.0. The van der Waals surface area contributed by atoms with Crippen molar-refractivity contribution < 1.29 is 27.4 Å². The third-order valence-corrected chi connectivity index (χ3v) is 5.57. The number of benzene rings is 2. The van der Waals surface area contributed by atoms with Crippen LogP contribution in [-0.4, -0.2) is 32.9 Å². The molecule has 0 aliphatic carbocycles. The molecule has 0 saturated heterocycles. The van der Waals surface area contributed by atoms with Gasteiger partial charge in [0.05, 0.1) is 23.6 Å². The first kappa shape index (κ1) is 22.7. The van der Waals surface area contributed by atoms with Crippen LogP contribution in [0.15, 0.2) is 53.7 Å². The standard InChI is InChI=1S/C21H20F3N3O3S/c1-13(28)14(2)31-20-26-25-19(12-30-18-9-7-17(29-3)8-10-18)27(20)16-6-4-5-15(11-16)21(22,23)24/h4-11,14H,12H2,1-3H3/t14-/m0/s1. The average molecular weight is 451 g/mol. The van der Waals surface area contributed by atoms with Crippen LogP contribution in [0.4, 0.5) is 13.2 Å². The molecule has 3 aromatic rings. The van der Waals surface area contributed by atoms with Crippen LogP contribution in [0.5, 0.6) is 11.5 Å². The average Bonchev–Trinajstić information content (AvgIpc) is 3.14. The lowest BCUT2D eigenvalue weighted by molar-refractivity contribution is -0.137. The maximum absolute atomic E-state index is 13.2. The summed E-state index contributed by atoms with van der Waals surface area (Å²) in [6.07, 6.45) is -4.50. The number of nitrogens with zero attached hydrogens (tertiary/aromatic N) is 3. The van der Waals surface area contributed by atoms with Gasteiger partial charge in [0.25, 0.3) is 0 Å². The van der Waals surface area contributed by atoms with E-state index in [1.54, 1.807) is 38.3 Å². The number of ketones is 1. The predicted octanol–water partition coefficient (Wildman–Crippen LogP) is 4.94. The van der Waals surface area contributed by atoms with Crippen molar-refractivity contribution in [3.63, 3.8) is 0 Å². The summed E-state index contributed by atoms with van der Waals surface area (Å²) >= 11 is 1.12. The zero-order valence-corrected chi connectivity index (χ0v) is 17.8. The first-order chi connectivity index (χ1) is 14.7. The molecule has 1 heterocycles. The lowest BCUT2D eigenvalue weighted by atomic mass is 10.2. The van der Waals surface area contributed by atoms with Gasteiger partial charge in [-0.3, -0.25) is 9.36 Å². The van der Waals surface area contributed by atoms with E-state index < -0.39 is 17.0 Å². The molecule has 31 heavy (non-hydrogen) atoms. The number of carbonyl (C=O) groups excluding carboxylic acids is 1. The fourth-order valence-corrected chi connectivity index (χ4v) is 3.50. The minimum atomic E-state index is -4.50. The van der Waals surface area contributed by atoms with Crippen molar-refractivity contribution in [3.8, 4) is 17.2 Å². The van der Waals surface area contributed by atoms with Crippen molar-refractivity contribution in [2.45, 2.75) is 37.0 Å². The summed E-state index contributed by atoms with van der Waals surface area (Å²) in [4.78, 5) is 11.7. The van der Waals surface area contributed by atoms with Crippen LogP contribution in [0.3, 0.4) is 0 Å². The van der Waals surface area contributed by atoms with Crippen LogP contribution in [0.25, 0.3) is 5.69 Å². The van der Waals surface area contributed by atoms with E-state index >= 15 is 0 Å². The maximum Gasteiger partial charge on any atom is 0.416 e. The molecule has 0 radical (unpaired) electrons. The van der Waals surface area contributed by atoms with Gasteiger partial charge < -0.3 is 9.47 Å². The topological polar surface area (TPSA) is 66.2 Å². The van der Waals surface area contributed by atoms with Gasteiger partial charge in [-0.1, -0.05) is 17.8 Å². The first-order valence-electron chi connectivity index (χ1n) is 9.25. The summed E-state index contributed by atoms with van der Waals surface area (Å²) in [5.74, 6) is 1.41. The Morgan fingerprint density at radius 2 is 1.81 bits per heavy atom. The molecule has 0 N–H and O–H groups in total. The summed E-state index contributed by atoms with van der Waals surface area (Å²) in [5, 5.41) is 8.04. The molecule has 0 fully saturated rings. The number of carbonyl (C=O) groups is 1. The second-order valence-corrected chi connectivity index (χ2v) is 7.93. The van der Waals surface area contributed by atoms with Gasteiger partial charge in [0.1, 0.15) is 23.9 Å². The second-order valence-electron chi connectivity index (χ2n) is 6.62. The third-order valence-electron chi connectivity index (χ3n) is 4.41. The molecule has 3 rings (SSSR count). The lowest BCUT2D eigenvalue weighted by Gasteiger charge is -2.14. The van der Waals surface area contributed by atoms with Gasteiger partial charge in [-0.05, 0) is 56.3 Å². The number of halogens is 3. The Kier molecular flexibility index (Phi) is 6.89. The number of aromatic nitrogens is 3. The van der Waals surface area contributed by atoms with Crippen molar-refractivity contribution in [2.75, 3.05) is 7.11 Å². The van der Waals surface area contributed by atoms with E-state index in [1.807, 2.05) is 0 Å². The smallest absolute Gasteiger partial charge is 0.416 e. The van der Waals surface area contributed by atoms with Gasteiger partial charge in [0, 0.05) is 0 Å². The molecule has 0 saturated carbocycles. The fourth-order valence-electron chi connectivity index (χ4n) is 2.61. The van der Waals surface area contributed by atoms with E-state index in [1.165, 1.54) is 23.6 Å². The van der Waals surface area contributed by atoms with Gasteiger partial charge in [-0.25, -0.2) is 0 Å². The number of methoxy groups -OCH3 is 1. The Labute approximate surface area is 181 Å². The number of rotatable bonds is 8. The molecule has 0 unspecified atom stereocenters.